The van der Waals surface area contributed by atoms with E-state index in [1.54, 1.807) is 24.1 Å². The number of aromatic nitrogens is 1. The lowest BCUT2D eigenvalue weighted by Crippen LogP contribution is -2.43. The zero-order chi connectivity index (χ0) is 17.1. The molecule has 1 amide bonds. The zero-order valence-electron chi connectivity index (χ0n) is 13.7. The number of piperidine rings is 1. The van der Waals surface area contributed by atoms with Crippen LogP contribution in [0.5, 0.6) is 0 Å². The minimum atomic E-state index is -0.310. The van der Waals surface area contributed by atoms with E-state index in [-0.39, 0.29) is 30.0 Å². The quantitative estimate of drug-likeness (QED) is 0.876. The molecule has 0 saturated carbocycles. The molecule has 24 heavy (non-hydrogen) atoms. The van der Waals surface area contributed by atoms with Gasteiger partial charge in [0.25, 0.3) is 0 Å². The second-order valence-corrected chi connectivity index (χ2v) is 6.11. The van der Waals surface area contributed by atoms with Crippen LogP contribution in [0.4, 0.5) is 4.39 Å². The van der Waals surface area contributed by atoms with Crippen LogP contribution in [0, 0.1) is 11.7 Å². The third kappa shape index (κ3) is 3.42. The van der Waals surface area contributed by atoms with Gasteiger partial charge in [0.05, 0.1) is 18.9 Å². The van der Waals surface area contributed by atoms with Crippen molar-refractivity contribution in [2.75, 3.05) is 19.7 Å². The van der Waals surface area contributed by atoms with Crippen molar-refractivity contribution in [3.63, 3.8) is 0 Å². The molecule has 0 radical (unpaired) electrons. The van der Waals surface area contributed by atoms with E-state index in [2.05, 4.69) is 4.98 Å². The van der Waals surface area contributed by atoms with Gasteiger partial charge in [-0.15, -0.1) is 0 Å². The lowest BCUT2D eigenvalue weighted by molar-refractivity contribution is -0.151. The van der Waals surface area contributed by atoms with Gasteiger partial charge in [0.1, 0.15) is 5.82 Å². The van der Waals surface area contributed by atoms with Crippen LogP contribution in [0.15, 0.2) is 24.4 Å². The molecule has 6 heteroatoms. The highest BCUT2D eigenvalue weighted by atomic mass is 19.1. The molecule has 1 fully saturated rings. The van der Waals surface area contributed by atoms with E-state index in [0.29, 0.717) is 25.2 Å². The van der Waals surface area contributed by atoms with Crippen molar-refractivity contribution in [3.8, 4) is 0 Å². The predicted octanol–water partition coefficient (Wildman–Crippen LogP) is 2.65. The fraction of sp³-hybridized carbons (Fsp3) is 0.444. The summed E-state index contributed by atoms with van der Waals surface area (Å²) in [5, 5.41) is 0.851. The van der Waals surface area contributed by atoms with E-state index < -0.39 is 0 Å². The normalized spacial score (nSPS) is 17.9. The van der Waals surface area contributed by atoms with Gasteiger partial charge in [-0.2, -0.15) is 0 Å². The van der Waals surface area contributed by atoms with Crippen LogP contribution in [-0.4, -0.2) is 41.5 Å². The Morgan fingerprint density at radius 1 is 1.42 bits per heavy atom. The molecular weight excluding hydrogens is 311 g/mol. The van der Waals surface area contributed by atoms with Crippen LogP contribution in [0.25, 0.3) is 10.9 Å². The summed E-state index contributed by atoms with van der Waals surface area (Å²) in [6, 6.07) is 4.49. The first-order chi connectivity index (χ1) is 11.6. The molecule has 1 aromatic heterocycles. The van der Waals surface area contributed by atoms with Gasteiger partial charge in [0.2, 0.25) is 5.91 Å². The number of benzene rings is 1. The number of carbonyl (C=O) groups is 2. The fourth-order valence-electron chi connectivity index (χ4n) is 3.24. The van der Waals surface area contributed by atoms with Crippen molar-refractivity contribution in [1.29, 1.82) is 0 Å². The number of halogens is 1. The maximum Gasteiger partial charge on any atom is 0.310 e. The fourth-order valence-corrected chi connectivity index (χ4v) is 3.24. The standard InChI is InChI=1S/C18H21FN2O3/c1-2-24-18(23)12-4-3-7-21(11-12)17(22)8-13-10-20-16-9-14(19)5-6-15(13)16/h5-6,9-10,12,20H,2-4,7-8,11H2,1H3/t12-/m1/s1. The highest BCUT2D eigenvalue weighted by Crippen LogP contribution is 2.22. The Morgan fingerprint density at radius 3 is 3.04 bits per heavy atom. The number of hydrogen-bond acceptors (Lipinski definition) is 3. The molecule has 1 aliphatic rings. The van der Waals surface area contributed by atoms with Crippen LogP contribution in [0.3, 0.4) is 0 Å². The van der Waals surface area contributed by atoms with Crippen LogP contribution in [0.1, 0.15) is 25.3 Å². The maximum atomic E-state index is 13.2. The van der Waals surface area contributed by atoms with E-state index in [1.807, 2.05) is 0 Å². The van der Waals surface area contributed by atoms with Crippen molar-refractivity contribution in [1.82, 2.24) is 9.88 Å². The molecule has 0 bridgehead atoms. The molecule has 3 rings (SSSR count). The number of ether oxygens (including phenoxy) is 1. The SMILES string of the molecule is CCOC(=O)[C@@H]1CCCN(C(=O)Cc2c[nH]c3cc(F)ccc23)C1. The highest BCUT2D eigenvalue weighted by molar-refractivity contribution is 5.89. The first-order valence-corrected chi connectivity index (χ1v) is 8.28. The second-order valence-electron chi connectivity index (χ2n) is 6.11. The minimum absolute atomic E-state index is 0.0192. The van der Waals surface area contributed by atoms with E-state index in [1.165, 1.54) is 12.1 Å². The van der Waals surface area contributed by atoms with Gasteiger partial charge in [-0.3, -0.25) is 9.59 Å². The molecule has 128 valence electrons. The van der Waals surface area contributed by atoms with Crippen molar-refractivity contribution >= 4 is 22.8 Å². The Kier molecular flexibility index (Phi) is 4.83. The summed E-state index contributed by atoms with van der Waals surface area (Å²) < 4.78 is 18.3. The number of rotatable bonds is 4. The second kappa shape index (κ2) is 7.03. The van der Waals surface area contributed by atoms with Gasteiger partial charge < -0.3 is 14.6 Å². The molecule has 5 nitrogen and oxygen atoms in total. The molecule has 1 saturated heterocycles. The monoisotopic (exact) mass is 332 g/mol. The van der Waals surface area contributed by atoms with Crippen LogP contribution in [-0.2, 0) is 20.7 Å². The van der Waals surface area contributed by atoms with Gasteiger partial charge in [-0.1, -0.05) is 0 Å². The number of fused-ring (bicyclic) bond motifs is 1. The van der Waals surface area contributed by atoms with E-state index in [0.717, 1.165) is 23.8 Å². The Morgan fingerprint density at radius 2 is 2.25 bits per heavy atom. The zero-order valence-corrected chi connectivity index (χ0v) is 13.7. The summed E-state index contributed by atoms with van der Waals surface area (Å²) in [4.78, 5) is 29.2. The predicted molar refractivity (Wildman–Crippen MR) is 87.9 cm³/mol. The van der Waals surface area contributed by atoms with Gasteiger partial charge in [0.15, 0.2) is 0 Å². The summed E-state index contributed by atoms with van der Waals surface area (Å²) in [6.07, 6.45) is 3.54. The summed E-state index contributed by atoms with van der Waals surface area (Å²) >= 11 is 0. The number of hydrogen-bond donors (Lipinski definition) is 1. The molecule has 1 atom stereocenters. The van der Waals surface area contributed by atoms with Crippen molar-refractivity contribution < 1.29 is 18.7 Å². The number of esters is 1. The number of H-pyrrole nitrogens is 1. The van der Waals surface area contributed by atoms with Crippen molar-refractivity contribution in [2.45, 2.75) is 26.2 Å². The molecule has 0 spiro atoms. The number of carbonyl (C=O) groups excluding carboxylic acids is 2. The van der Waals surface area contributed by atoms with Crippen molar-refractivity contribution in [2.24, 2.45) is 5.92 Å². The van der Waals surface area contributed by atoms with Gasteiger partial charge in [0, 0.05) is 30.2 Å². The Hall–Kier alpha value is -2.37. The molecule has 0 unspecified atom stereocenters. The maximum absolute atomic E-state index is 13.2. The van der Waals surface area contributed by atoms with Gasteiger partial charge in [-0.25, -0.2) is 4.39 Å². The first kappa shape index (κ1) is 16.5. The number of nitrogens with one attached hydrogen (secondary N) is 1. The van der Waals surface area contributed by atoms with Crippen LogP contribution < -0.4 is 0 Å². The molecular formula is C18H21FN2O3. The third-order valence-corrected chi connectivity index (χ3v) is 4.47. The molecule has 0 aliphatic carbocycles. The van der Waals surface area contributed by atoms with Crippen molar-refractivity contribution in [3.05, 3.63) is 35.8 Å². The Labute approximate surface area is 139 Å². The lowest BCUT2D eigenvalue weighted by atomic mass is 9.97. The Bertz CT molecular complexity index is 756. The van der Waals surface area contributed by atoms with Crippen LogP contribution in [0.2, 0.25) is 0 Å². The Balaban J connectivity index is 1.68. The molecule has 1 N–H and O–H groups in total. The van der Waals surface area contributed by atoms with Crippen LogP contribution >= 0.6 is 0 Å². The average Bonchev–Trinajstić information content (AvgIpc) is 2.97. The van der Waals surface area contributed by atoms with E-state index >= 15 is 0 Å². The third-order valence-electron chi connectivity index (χ3n) is 4.47. The molecule has 1 aliphatic heterocycles. The molecule has 2 aromatic rings. The van der Waals surface area contributed by atoms with E-state index in [4.69, 9.17) is 4.74 Å². The number of likely N-dealkylation sites (tertiary alicyclic amines) is 1. The summed E-state index contributed by atoms with van der Waals surface area (Å²) in [5.41, 5.74) is 1.52. The summed E-state index contributed by atoms with van der Waals surface area (Å²) in [7, 11) is 0. The number of nitrogens with zero attached hydrogens (tertiary/aromatic N) is 1. The first-order valence-electron chi connectivity index (χ1n) is 8.28. The largest absolute Gasteiger partial charge is 0.466 e. The smallest absolute Gasteiger partial charge is 0.310 e. The number of aromatic amines is 1. The highest BCUT2D eigenvalue weighted by Gasteiger charge is 2.29. The summed E-state index contributed by atoms with van der Waals surface area (Å²) in [6.45, 7) is 3.21. The summed E-state index contributed by atoms with van der Waals surface area (Å²) in [5.74, 6) is -0.790. The average molecular weight is 332 g/mol. The minimum Gasteiger partial charge on any atom is -0.466 e. The topological polar surface area (TPSA) is 62.4 Å². The number of amides is 1. The van der Waals surface area contributed by atoms with Gasteiger partial charge >= 0.3 is 5.97 Å². The van der Waals surface area contributed by atoms with E-state index in [9.17, 15) is 14.0 Å². The lowest BCUT2D eigenvalue weighted by Gasteiger charge is -2.31. The molecule has 1 aromatic carbocycles. The van der Waals surface area contributed by atoms with Gasteiger partial charge in [-0.05, 0) is 43.5 Å². The molecule has 2 heterocycles.